The Morgan fingerprint density at radius 3 is 2.71 bits per heavy atom. The minimum Gasteiger partial charge on any atom is -0.353 e. The number of aromatic nitrogens is 2. The molecule has 0 saturated heterocycles. The van der Waals surface area contributed by atoms with Gasteiger partial charge in [-0.25, -0.2) is 4.98 Å². The van der Waals surface area contributed by atoms with Gasteiger partial charge in [0, 0.05) is 28.4 Å². The Hall–Kier alpha value is -3.78. The number of benzene rings is 3. The highest BCUT2D eigenvalue weighted by molar-refractivity contribution is 7.22. The molecule has 0 unspecified atom stereocenters. The summed E-state index contributed by atoms with van der Waals surface area (Å²) in [7, 11) is 0. The van der Waals surface area contributed by atoms with Gasteiger partial charge in [-0.1, -0.05) is 29.5 Å². The van der Waals surface area contributed by atoms with Crippen LogP contribution < -0.4 is 10.7 Å². The molecule has 0 aliphatic heterocycles. The van der Waals surface area contributed by atoms with Crippen molar-refractivity contribution < 1.29 is 4.92 Å². The number of para-hydroxylation sites is 2. The first-order valence-corrected chi connectivity index (χ1v) is 9.27. The Morgan fingerprint density at radius 1 is 1.04 bits per heavy atom. The van der Waals surface area contributed by atoms with E-state index in [1.54, 1.807) is 18.2 Å². The van der Waals surface area contributed by atoms with Gasteiger partial charge in [-0.15, -0.1) is 0 Å². The molecule has 8 heteroatoms. The van der Waals surface area contributed by atoms with E-state index in [-0.39, 0.29) is 11.1 Å². The summed E-state index contributed by atoms with van der Waals surface area (Å²) >= 11 is 1.32. The number of anilines is 2. The van der Waals surface area contributed by atoms with Crippen LogP contribution in [0.3, 0.4) is 0 Å². The van der Waals surface area contributed by atoms with Gasteiger partial charge in [0.25, 0.3) is 5.69 Å². The number of aromatic amines is 1. The van der Waals surface area contributed by atoms with Crippen molar-refractivity contribution in [1.82, 2.24) is 9.97 Å². The largest absolute Gasteiger partial charge is 0.353 e. The first kappa shape index (κ1) is 16.4. The van der Waals surface area contributed by atoms with Gasteiger partial charge >= 0.3 is 0 Å². The van der Waals surface area contributed by atoms with Gasteiger partial charge in [-0.05, 0) is 30.3 Å². The maximum atomic E-state index is 12.8. The fraction of sp³-hybridized carbons (Fsp3) is 0. The minimum absolute atomic E-state index is 0.0312. The first-order valence-electron chi connectivity index (χ1n) is 8.46. The van der Waals surface area contributed by atoms with Gasteiger partial charge in [0.05, 0.1) is 26.3 Å². The molecule has 7 nitrogen and oxygen atoms in total. The molecule has 28 heavy (non-hydrogen) atoms. The molecule has 2 aromatic heterocycles. The molecule has 5 rings (SSSR count). The summed E-state index contributed by atoms with van der Waals surface area (Å²) in [6.45, 7) is 0. The summed E-state index contributed by atoms with van der Waals surface area (Å²) in [4.78, 5) is 31.2. The van der Waals surface area contributed by atoms with E-state index in [0.29, 0.717) is 32.6 Å². The molecule has 2 N–H and O–H groups in total. The van der Waals surface area contributed by atoms with Crippen LogP contribution in [0.1, 0.15) is 0 Å². The van der Waals surface area contributed by atoms with Crippen LogP contribution in [-0.2, 0) is 0 Å². The van der Waals surface area contributed by atoms with E-state index in [1.807, 2.05) is 30.3 Å². The fourth-order valence-electron chi connectivity index (χ4n) is 3.25. The van der Waals surface area contributed by atoms with Crippen LogP contribution in [0, 0.1) is 10.1 Å². The quantitative estimate of drug-likeness (QED) is 0.259. The van der Waals surface area contributed by atoms with Crippen LogP contribution >= 0.6 is 11.3 Å². The first-order chi connectivity index (χ1) is 13.6. The van der Waals surface area contributed by atoms with Gasteiger partial charge in [-0.3, -0.25) is 14.9 Å². The molecular formula is C20H12N4O3S. The number of nitro groups is 1. The molecule has 0 atom stereocenters. The third-order valence-electron chi connectivity index (χ3n) is 4.56. The van der Waals surface area contributed by atoms with Crippen LogP contribution in [0.15, 0.2) is 65.5 Å². The minimum atomic E-state index is -0.424. The monoisotopic (exact) mass is 388 g/mol. The topological polar surface area (TPSA) is 101 Å². The highest BCUT2D eigenvalue weighted by Crippen LogP contribution is 2.32. The molecule has 136 valence electrons. The predicted molar refractivity (Wildman–Crippen MR) is 112 cm³/mol. The predicted octanol–water partition coefficient (Wildman–Crippen LogP) is 4.94. The molecule has 0 spiro atoms. The number of non-ortho nitro benzene ring substituents is 1. The van der Waals surface area contributed by atoms with Crippen LogP contribution in [0.5, 0.6) is 0 Å². The molecule has 0 aliphatic rings. The summed E-state index contributed by atoms with van der Waals surface area (Å²) in [5, 5.41) is 16.0. The molecule has 2 heterocycles. The van der Waals surface area contributed by atoms with Crippen molar-refractivity contribution in [2.75, 3.05) is 5.32 Å². The maximum absolute atomic E-state index is 12.8. The van der Waals surface area contributed by atoms with Gasteiger partial charge < -0.3 is 10.3 Å². The van der Waals surface area contributed by atoms with E-state index in [0.717, 1.165) is 10.2 Å². The Balaban J connectivity index is 1.64. The third-order valence-corrected chi connectivity index (χ3v) is 5.50. The number of nitrogens with one attached hydrogen (secondary N) is 2. The smallest absolute Gasteiger partial charge is 0.270 e. The standard InChI is InChI=1S/C20H12N4O3S/c25-19-12-4-1-2-6-14(12)21-18-13(19)5-3-7-16(18)23-20-22-15-9-8-11(24(26)27)10-17(15)28-20/h1-10H,(H,21,25)(H,22,23). The van der Waals surface area contributed by atoms with Gasteiger partial charge in [-0.2, -0.15) is 0 Å². The number of nitro benzene ring substituents is 1. The van der Waals surface area contributed by atoms with Crippen LogP contribution in [-0.4, -0.2) is 14.9 Å². The Bertz CT molecular complexity index is 1450. The van der Waals surface area contributed by atoms with Crippen molar-refractivity contribution in [1.29, 1.82) is 0 Å². The average molecular weight is 388 g/mol. The van der Waals surface area contributed by atoms with Crippen molar-refractivity contribution in [3.8, 4) is 0 Å². The highest BCUT2D eigenvalue weighted by Gasteiger charge is 2.13. The summed E-state index contributed by atoms with van der Waals surface area (Å²) in [6.07, 6.45) is 0. The second-order valence-corrected chi connectivity index (χ2v) is 7.31. The average Bonchev–Trinajstić information content (AvgIpc) is 3.10. The van der Waals surface area contributed by atoms with Crippen LogP contribution in [0.4, 0.5) is 16.5 Å². The maximum Gasteiger partial charge on any atom is 0.270 e. The highest BCUT2D eigenvalue weighted by atomic mass is 32.1. The van der Waals surface area contributed by atoms with Gasteiger partial charge in [0.15, 0.2) is 10.6 Å². The molecule has 0 saturated carbocycles. The molecule has 0 radical (unpaired) electrons. The van der Waals surface area contributed by atoms with Crippen molar-refractivity contribution in [2.24, 2.45) is 0 Å². The number of thiazole rings is 1. The lowest BCUT2D eigenvalue weighted by atomic mass is 10.1. The number of rotatable bonds is 3. The summed E-state index contributed by atoms with van der Waals surface area (Å²) in [5.74, 6) is 0. The SMILES string of the molecule is O=c1c2ccccc2[nH]c2c(Nc3nc4ccc([N+](=O)[O-])cc4s3)cccc12. The zero-order valence-corrected chi connectivity index (χ0v) is 15.1. The fourth-order valence-corrected chi connectivity index (χ4v) is 4.16. The second kappa shape index (κ2) is 6.14. The normalized spacial score (nSPS) is 11.3. The lowest BCUT2D eigenvalue weighted by Crippen LogP contribution is -2.05. The molecular weight excluding hydrogens is 376 g/mol. The molecule has 0 aliphatic carbocycles. The van der Waals surface area contributed by atoms with Crippen molar-refractivity contribution in [3.05, 3.63) is 81.0 Å². The van der Waals surface area contributed by atoms with E-state index in [9.17, 15) is 14.9 Å². The zero-order chi connectivity index (χ0) is 19.3. The van der Waals surface area contributed by atoms with E-state index in [1.165, 1.54) is 23.5 Å². The van der Waals surface area contributed by atoms with Crippen molar-refractivity contribution >= 4 is 59.9 Å². The Labute approximate surface area is 161 Å². The number of hydrogen-bond acceptors (Lipinski definition) is 6. The number of hydrogen-bond donors (Lipinski definition) is 2. The summed E-state index contributed by atoms with van der Waals surface area (Å²) in [6, 6.07) is 17.4. The Morgan fingerprint density at radius 2 is 1.86 bits per heavy atom. The van der Waals surface area contributed by atoms with Gasteiger partial charge in [0.2, 0.25) is 0 Å². The van der Waals surface area contributed by atoms with E-state index in [4.69, 9.17) is 0 Å². The van der Waals surface area contributed by atoms with Crippen molar-refractivity contribution in [3.63, 3.8) is 0 Å². The van der Waals surface area contributed by atoms with E-state index < -0.39 is 4.92 Å². The molecule has 0 amide bonds. The number of nitrogens with zero attached hydrogens (tertiary/aromatic N) is 2. The molecule has 3 aromatic carbocycles. The zero-order valence-electron chi connectivity index (χ0n) is 14.3. The van der Waals surface area contributed by atoms with Gasteiger partial charge in [0.1, 0.15) is 0 Å². The number of fused-ring (bicyclic) bond motifs is 3. The van der Waals surface area contributed by atoms with E-state index in [2.05, 4.69) is 15.3 Å². The second-order valence-electron chi connectivity index (χ2n) is 6.28. The van der Waals surface area contributed by atoms with Crippen molar-refractivity contribution in [2.45, 2.75) is 0 Å². The molecule has 0 fully saturated rings. The Kier molecular flexibility index (Phi) is 3.59. The van der Waals surface area contributed by atoms with Crippen LogP contribution in [0.2, 0.25) is 0 Å². The lowest BCUT2D eigenvalue weighted by Gasteiger charge is -2.08. The van der Waals surface area contributed by atoms with E-state index >= 15 is 0 Å². The lowest BCUT2D eigenvalue weighted by molar-refractivity contribution is -0.384. The number of pyridine rings is 1. The molecule has 5 aromatic rings. The summed E-state index contributed by atoms with van der Waals surface area (Å²) < 4.78 is 0.718. The third kappa shape index (κ3) is 2.58. The number of H-pyrrole nitrogens is 1. The summed E-state index contributed by atoms with van der Waals surface area (Å²) in [5.41, 5.74) is 2.84. The molecule has 0 bridgehead atoms. The van der Waals surface area contributed by atoms with Crippen LogP contribution in [0.25, 0.3) is 32.0 Å².